The van der Waals surface area contributed by atoms with E-state index in [0.29, 0.717) is 30.2 Å². The number of hydrogen-bond acceptors (Lipinski definition) is 5. The normalized spacial score (nSPS) is 19.2. The van der Waals surface area contributed by atoms with E-state index in [4.69, 9.17) is 22.1 Å². The Morgan fingerprint density at radius 2 is 1.84 bits per heavy atom. The van der Waals surface area contributed by atoms with E-state index >= 15 is 0 Å². The predicted molar refractivity (Wildman–Crippen MR) is 170 cm³/mol. The third-order valence-electron chi connectivity index (χ3n) is 8.69. The molecule has 1 aliphatic heterocycles. The lowest BCUT2D eigenvalue weighted by Crippen LogP contribution is -2.58. The molecule has 1 fully saturated rings. The molecule has 2 aliphatic carbocycles. The maximum atomic E-state index is 14.2. The maximum Gasteiger partial charge on any atom is 0.255 e. The third-order valence-corrected chi connectivity index (χ3v) is 8.97. The highest BCUT2D eigenvalue weighted by atomic mass is 35.5. The van der Waals surface area contributed by atoms with Crippen LogP contribution in [0.2, 0.25) is 0 Å². The fraction of sp³-hybridized carbons (Fsp3) is 0.500. The second kappa shape index (κ2) is 14.1. The minimum Gasteiger partial charge on any atom is -0.374 e. The lowest BCUT2D eigenvalue weighted by atomic mass is 9.75. The molecule has 0 radical (unpaired) electrons. The van der Waals surface area contributed by atoms with E-state index in [-0.39, 0.29) is 25.0 Å². The number of carbonyl (C=O) groups excluding carboxylic acids is 3. The van der Waals surface area contributed by atoms with Crippen LogP contribution in [0.3, 0.4) is 0 Å². The van der Waals surface area contributed by atoms with Crippen LogP contribution in [0.25, 0.3) is 0 Å². The molecule has 3 amide bonds. The number of amides is 3. The fourth-order valence-electron chi connectivity index (χ4n) is 6.16. The van der Waals surface area contributed by atoms with Gasteiger partial charge < -0.3 is 25.6 Å². The molecule has 3 aliphatic rings. The fourth-order valence-corrected chi connectivity index (χ4v) is 6.31. The van der Waals surface area contributed by atoms with Crippen molar-refractivity contribution in [3.8, 4) is 0 Å². The second-order valence-corrected chi connectivity index (χ2v) is 12.7. The van der Waals surface area contributed by atoms with E-state index in [0.717, 1.165) is 48.8 Å². The molecule has 232 valence electrons. The van der Waals surface area contributed by atoms with Gasteiger partial charge in [0.05, 0.1) is 24.3 Å². The van der Waals surface area contributed by atoms with Crippen molar-refractivity contribution >= 4 is 29.3 Å². The van der Waals surface area contributed by atoms with Crippen molar-refractivity contribution in [3.63, 3.8) is 0 Å². The zero-order valence-corrected chi connectivity index (χ0v) is 26.6. The standard InChI is InChI=1S/C34H45ClN4O4/c1-5-39(30(40)28(37-32(42)33(2,3)36)23-43-22-24-13-8-6-9-14-24)21-27-29(25-15-12-16-26(35)18-17-25)31(41)38(4)34(27)19-10-7-11-20-34/h6,8-9,13-18,28H,5,7,10-12,19-23,36H2,1-4H3,(H,37,42)/t28-/m1/s1. The van der Waals surface area contributed by atoms with Crippen molar-refractivity contribution in [2.45, 2.75) is 83.0 Å². The first kappa shape index (κ1) is 32.7. The predicted octanol–water partition coefficient (Wildman–Crippen LogP) is 4.75. The van der Waals surface area contributed by atoms with E-state index in [1.54, 1.807) is 18.7 Å². The Morgan fingerprint density at radius 3 is 2.49 bits per heavy atom. The molecule has 1 aromatic carbocycles. The third kappa shape index (κ3) is 7.48. The van der Waals surface area contributed by atoms with E-state index in [1.807, 2.05) is 73.5 Å². The Balaban J connectivity index is 1.67. The van der Waals surface area contributed by atoms with Gasteiger partial charge in [0.1, 0.15) is 6.04 Å². The molecule has 1 aromatic rings. The number of halogens is 1. The summed E-state index contributed by atoms with van der Waals surface area (Å²) in [6.45, 7) is 6.06. The Hall–Kier alpha value is -3.20. The van der Waals surface area contributed by atoms with Crippen LogP contribution in [0.1, 0.15) is 64.9 Å². The first-order chi connectivity index (χ1) is 20.5. The van der Waals surface area contributed by atoms with Crippen LogP contribution in [0.5, 0.6) is 0 Å². The van der Waals surface area contributed by atoms with E-state index in [1.165, 1.54) is 0 Å². The minimum absolute atomic E-state index is 0.0139. The van der Waals surface area contributed by atoms with Crippen molar-refractivity contribution in [3.05, 3.63) is 82.0 Å². The minimum atomic E-state index is -1.18. The number of hydrogen-bond donors (Lipinski definition) is 2. The molecule has 1 atom stereocenters. The molecular formula is C34H45ClN4O4. The number of likely N-dealkylation sites (N-methyl/N-ethyl adjacent to an activating group) is 2. The summed E-state index contributed by atoms with van der Waals surface area (Å²) >= 11 is 6.30. The Morgan fingerprint density at radius 1 is 1.14 bits per heavy atom. The smallest absolute Gasteiger partial charge is 0.255 e. The Bertz CT molecular complexity index is 1320. The zero-order chi connectivity index (χ0) is 31.2. The van der Waals surface area contributed by atoms with Gasteiger partial charge >= 0.3 is 0 Å². The molecule has 1 heterocycles. The average molecular weight is 609 g/mol. The van der Waals surface area contributed by atoms with Crippen LogP contribution in [0.15, 0.2) is 76.4 Å². The average Bonchev–Trinajstić information content (AvgIpc) is 3.11. The van der Waals surface area contributed by atoms with Crippen LogP contribution in [0.4, 0.5) is 0 Å². The van der Waals surface area contributed by atoms with E-state index in [2.05, 4.69) is 5.32 Å². The van der Waals surface area contributed by atoms with Gasteiger partial charge in [-0.3, -0.25) is 14.4 Å². The molecule has 4 rings (SSSR count). The van der Waals surface area contributed by atoms with Crippen molar-refractivity contribution in [1.29, 1.82) is 0 Å². The van der Waals surface area contributed by atoms with Crippen molar-refractivity contribution in [2.24, 2.45) is 5.73 Å². The highest BCUT2D eigenvalue weighted by Crippen LogP contribution is 2.47. The van der Waals surface area contributed by atoms with Gasteiger partial charge in [-0.15, -0.1) is 0 Å². The number of ether oxygens (including phenoxy) is 1. The van der Waals surface area contributed by atoms with E-state index < -0.39 is 23.0 Å². The summed E-state index contributed by atoms with van der Waals surface area (Å²) in [5.74, 6) is -0.749. The van der Waals surface area contributed by atoms with Gasteiger partial charge in [-0.25, -0.2) is 0 Å². The van der Waals surface area contributed by atoms with Crippen LogP contribution < -0.4 is 11.1 Å². The first-order valence-corrected chi connectivity index (χ1v) is 15.6. The van der Waals surface area contributed by atoms with Gasteiger partial charge in [0.15, 0.2) is 0 Å². The number of nitrogens with two attached hydrogens (primary N) is 1. The van der Waals surface area contributed by atoms with Crippen LogP contribution >= 0.6 is 11.6 Å². The number of nitrogens with one attached hydrogen (secondary N) is 1. The summed E-state index contributed by atoms with van der Waals surface area (Å²) in [6, 6.07) is 8.72. The van der Waals surface area contributed by atoms with Crippen LogP contribution in [-0.4, -0.2) is 71.4 Å². The molecule has 3 N–H and O–H groups in total. The molecule has 1 spiro atoms. The topological polar surface area (TPSA) is 105 Å². The molecule has 0 unspecified atom stereocenters. The molecule has 9 heteroatoms. The van der Waals surface area contributed by atoms with Gasteiger partial charge in [0.2, 0.25) is 11.8 Å². The number of carbonyl (C=O) groups is 3. The van der Waals surface area contributed by atoms with E-state index in [9.17, 15) is 14.4 Å². The molecule has 8 nitrogen and oxygen atoms in total. The molecular weight excluding hydrogens is 564 g/mol. The second-order valence-electron chi connectivity index (χ2n) is 12.2. The van der Waals surface area contributed by atoms with Crippen LogP contribution in [0, 0.1) is 0 Å². The highest BCUT2D eigenvalue weighted by Gasteiger charge is 2.50. The summed E-state index contributed by atoms with van der Waals surface area (Å²) in [7, 11) is 1.88. The number of rotatable bonds is 11. The van der Waals surface area contributed by atoms with Crippen molar-refractivity contribution in [2.75, 3.05) is 26.7 Å². The van der Waals surface area contributed by atoms with Gasteiger partial charge in [-0.2, -0.15) is 0 Å². The summed E-state index contributed by atoms with van der Waals surface area (Å²) in [4.78, 5) is 44.7. The molecule has 0 bridgehead atoms. The summed E-state index contributed by atoms with van der Waals surface area (Å²) in [6.07, 6.45) is 13.1. The van der Waals surface area contributed by atoms with Gasteiger partial charge in [0, 0.05) is 30.7 Å². The molecule has 0 saturated heterocycles. The van der Waals surface area contributed by atoms with Crippen molar-refractivity contribution < 1.29 is 19.1 Å². The summed E-state index contributed by atoms with van der Waals surface area (Å²) < 4.78 is 5.95. The number of nitrogens with zero attached hydrogens (tertiary/aromatic N) is 2. The Kier molecular flexibility index (Phi) is 10.7. The SMILES string of the molecule is CCN(CC1=C(C2=CCC=C(Cl)C=C2)C(=O)N(C)C12CCCCC2)C(=O)[C@@H](COCc1ccccc1)NC(=O)C(C)(C)N. The summed E-state index contributed by atoms with van der Waals surface area (Å²) in [5.41, 5.74) is 7.84. The lowest BCUT2D eigenvalue weighted by molar-refractivity contribution is -0.139. The monoisotopic (exact) mass is 608 g/mol. The lowest BCUT2D eigenvalue weighted by Gasteiger charge is -2.43. The largest absolute Gasteiger partial charge is 0.374 e. The van der Waals surface area contributed by atoms with Gasteiger partial charge in [-0.05, 0) is 62.8 Å². The zero-order valence-electron chi connectivity index (χ0n) is 25.8. The molecule has 1 saturated carbocycles. The van der Waals surface area contributed by atoms with Crippen LogP contribution in [-0.2, 0) is 25.7 Å². The Labute approximate surface area is 260 Å². The first-order valence-electron chi connectivity index (χ1n) is 15.2. The van der Waals surface area contributed by atoms with Gasteiger partial charge in [-0.1, -0.05) is 79.4 Å². The molecule has 0 aromatic heterocycles. The van der Waals surface area contributed by atoms with Crippen molar-refractivity contribution in [1.82, 2.24) is 15.1 Å². The number of benzene rings is 1. The highest BCUT2D eigenvalue weighted by molar-refractivity contribution is 6.31. The maximum absolute atomic E-state index is 14.2. The van der Waals surface area contributed by atoms with Gasteiger partial charge in [0.25, 0.3) is 5.91 Å². The number of allylic oxidation sites excluding steroid dienone is 5. The molecule has 43 heavy (non-hydrogen) atoms. The quantitative estimate of drug-likeness (QED) is 0.377. The summed E-state index contributed by atoms with van der Waals surface area (Å²) in [5, 5.41) is 3.47.